The van der Waals surface area contributed by atoms with Gasteiger partial charge in [-0.1, -0.05) is 17.8 Å². The molecule has 0 spiro atoms. The van der Waals surface area contributed by atoms with Gasteiger partial charge in [0.1, 0.15) is 9.16 Å². The zero-order chi connectivity index (χ0) is 16.2. The van der Waals surface area contributed by atoms with Crippen molar-refractivity contribution in [3.8, 4) is 10.4 Å². The van der Waals surface area contributed by atoms with E-state index in [0.717, 1.165) is 32.6 Å². The summed E-state index contributed by atoms with van der Waals surface area (Å²) >= 11 is 16.8. The van der Waals surface area contributed by atoms with Crippen LogP contribution in [0, 0.1) is 5.92 Å². The zero-order valence-electron chi connectivity index (χ0n) is 12.1. The minimum atomic E-state index is -0.592. The lowest BCUT2D eigenvalue weighted by Crippen LogP contribution is -2.19. The second-order valence-electron chi connectivity index (χ2n) is 5.54. The van der Waals surface area contributed by atoms with Gasteiger partial charge in [0.15, 0.2) is 5.16 Å². The maximum absolute atomic E-state index is 12.8. The lowest BCUT2D eigenvalue weighted by atomic mass is 10.2. The van der Waals surface area contributed by atoms with Gasteiger partial charge in [0.25, 0.3) is 5.56 Å². The number of rotatable bonds is 4. The highest BCUT2D eigenvalue weighted by molar-refractivity contribution is 7.99. The van der Waals surface area contributed by atoms with Crippen LogP contribution in [0.4, 0.5) is 0 Å². The van der Waals surface area contributed by atoms with Gasteiger partial charge in [-0.3, -0.25) is 9.36 Å². The molecule has 0 bridgehead atoms. The summed E-state index contributed by atoms with van der Waals surface area (Å²) in [4.78, 5) is 19.3. The first kappa shape index (κ1) is 16.0. The number of nitrogens with zero attached hydrogens (tertiary/aromatic N) is 2. The van der Waals surface area contributed by atoms with Crippen molar-refractivity contribution in [2.45, 2.75) is 15.9 Å². The number of hydrogen-bond acceptors (Lipinski definition) is 5. The van der Waals surface area contributed by atoms with E-state index in [2.05, 4.69) is 4.98 Å². The molecule has 120 valence electrons. The monoisotopic (exact) mass is 402 g/mol. The minimum Gasteiger partial charge on any atom is -0.290 e. The quantitative estimate of drug-likeness (QED) is 0.349. The molecular formula is C15H12Cl2N2OS3. The molecule has 3 aromatic heterocycles. The van der Waals surface area contributed by atoms with E-state index in [9.17, 15) is 4.79 Å². The SMILES string of the molecule is Cn1c(SCC2CC2(Cl)Cl)nc2scc(-c3cccs3)c2c1=O. The molecule has 0 aliphatic heterocycles. The van der Waals surface area contributed by atoms with E-state index in [-0.39, 0.29) is 11.5 Å². The lowest BCUT2D eigenvalue weighted by molar-refractivity contribution is 0.727. The molecule has 1 saturated carbocycles. The maximum atomic E-state index is 12.8. The van der Waals surface area contributed by atoms with Gasteiger partial charge in [0, 0.05) is 34.5 Å². The van der Waals surface area contributed by atoms with Crippen molar-refractivity contribution >= 4 is 67.9 Å². The van der Waals surface area contributed by atoms with Crippen LogP contribution >= 0.6 is 57.6 Å². The molecule has 1 aliphatic rings. The first-order chi connectivity index (χ1) is 11.0. The fraction of sp³-hybridized carbons (Fsp3) is 0.333. The number of hydrogen-bond donors (Lipinski definition) is 0. The Morgan fingerprint density at radius 2 is 2.26 bits per heavy atom. The maximum Gasteiger partial charge on any atom is 0.263 e. The molecule has 23 heavy (non-hydrogen) atoms. The summed E-state index contributed by atoms with van der Waals surface area (Å²) < 4.78 is 1.04. The first-order valence-electron chi connectivity index (χ1n) is 7.00. The van der Waals surface area contributed by atoms with Crippen LogP contribution in [0.15, 0.2) is 32.8 Å². The highest BCUT2D eigenvalue weighted by Gasteiger charge is 2.51. The number of aromatic nitrogens is 2. The molecule has 3 aromatic rings. The van der Waals surface area contributed by atoms with Crippen molar-refractivity contribution in [3.63, 3.8) is 0 Å². The Balaban J connectivity index is 1.72. The lowest BCUT2D eigenvalue weighted by Gasteiger charge is -2.07. The third-order valence-corrected chi connectivity index (χ3v) is 7.82. The predicted molar refractivity (Wildman–Crippen MR) is 101 cm³/mol. The number of alkyl halides is 2. The van der Waals surface area contributed by atoms with Crippen LogP contribution in [-0.4, -0.2) is 19.6 Å². The van der Waals surface area contributed by atoms with Crippen molar-refractivity contribution in [2.75, 3.05) is 5.75 Å². The standard InChI is InChI=1S/C15H12Cl2N2OS3/c1-19-13(20)11-9(10-3-2-4-21-10)7-22-12(11)18-14(19)23-6-8-5-15(8,16)17/h2-4,7-8H,5-6H2,1H3. The zero-order valence-corrected chi connectivity index (χ0v) is 16.0. The topological polar surface area (TPSA) is 34.9 Å². The fourth-order valence-corrected chi connectivity index (χ4v) is 6.13. The Hall–Kier alpha value is -0.530. The Morgan fingerprint density at radius 3 is 2.91 bits per heavy atom. The summed E-state index contributed by atoms with van der Waals surface area (Å²) in [7, 11) is 1.77. The molecule has 1 fully saturated rings. The average Bonchev–Trinajstić information content (AvgIpc) is 2.96. The van der Waals surface area contributed by atoms with Gasteiger partial charge >= 0.3 is 0 Å². The molecule has 0 N–H and O–H groups in total. The second-order valence-corrected chi connectivity index (χ2v) is 9.87. The fourth-order valence-electron chi connectivity index (χ4n) is 2.42. The average molecular weight is 403 g/mol. The van der Waals surface area contributed by atoms with E-state index < -0.39 is 4.33 Å². The summed E-state index contributed by atoms with van der Waals surface area (Å²) in [5, 5.41) is 5.46. The van der Waals surface area contributed by atoms with Gasteiger partial charge in [-0.25, -0.2) is 4.98 Å². The van der Waals surface area contributed by atoms with E-state index in [0.29, 0.717) is 5.39 Å². The van der Waals surface area contributed by atoms with Crippen molar-refractivity contribution in [1.82, 2.24) is 9.55 Å². The number of fused-ring (bicyclic) bond motifs is 1. The Labute approximate surface area is 155 Å². The molecule has 0 aromatic carbocycles. The molecule has 0 amide bonds. The van der Waals surface area contributed by atoms with E-state index in [1.807, 2.05) is 22.9 Å². The molecule has 3 heterocycles. The molecular weight excluding hydrogens is 391 g/mol. The summed E-state index contributed by atoms with van der Waals surface area (Å²) in [6, 6.07) is 4.02. The summed E-state index contributed by atoms with van der Waals surface area (Å²) in [5.41, 5.74) is 0.980. The highest BCUT2D eigenvalue weighted by atomic mass is 35.5. The predicted octanol–water partition coefficient (Wildman–Crippen LogP) is 5.01. The van der Waals surface area contributed by atoms with E-state index in [1.54, 1.807) is 34.7 Å². The molecule has 0 saturated heterocycles. The number of thioether (sulfide) groups is 1. The summed E-state index contributed by atoms with van der Waals surface area (Å²) in [6.07, 6.45) is 0.806. The molecule has 1 unspecified atom stereocenters. The van der Waals surface area contributed by atoms with Gasteiger partial charge in [0.05, 0.1) is 5.39 Å². The van der Waals surface area contributed by atoms with Crippen LogP contribution in [0.1, 0.15) is 6.42 Å². The second kappa shape index (κ2) is 5.77. The Bertz CT molecular complexity index is 930. The van der Waals surface area contributed by atoms with Crippen LogP contribution in [0.5, 0.6) is 0 Å². The molecule has 3 nitrogen and oxygen atoms in total. The molecule has 0 radical (unpaired) electrons. The van der Waals surface area contributed by atoms with Crippen molar-refractivity contribution in [2.24, 2.45) is 13.0 Å². The van der Waals surface area contributed by atoms with Crippen LogP contribution in [0.25, 0.3) is 20.7 Å². The molecule has 8 heteroatoms. The first-order valence-corrected chi connectivity index (χ1v) is 10.5. The number of halogens is 2. The van der Waals surface area contributed by atoms with Crippen LogP contribution in [0.3, 0.4) is 0 Å². The van der Waals surface area contributed by atoms with Crippen LogP contribution in [-0.2, 0) is 7.05 Å². The Kier molecular flexibility index (Phi) is 4.01. The summed E-state index contributed by atoms with van der Waals surface area (Å²) in [6.45, 7) is 0. The minimum absolute atomic E-state index is 0.000886. The third kappa shape index (κ3) is 2.85. The smallest absolute Gasteiger partial charge is 0.263 e. The van der Waals surface area contributed by atoms with Gasteiger partial charge in [-0.05, 0) is 17.9 Å². The van der Waals surface area contributed by atoms with Crippen LogP contribution < -0.4 is 5.56 Å². The summed E-state index contributed by atoms with van der Waals surface area (Å²) in [5.74, 6) is 1.05. The van der Waals surface area contributed by atoms with E-state index >= 15 is 0 Å². The van der Waals surface area contributed by atoms with Crippen molar-refractivity contribution < 1.29 is 0 Å². The molecule has 4 rings (SSSR count). The molecule has 1 atom stereocenters. The van der Waals surface area contributed by atoms with Gasteiger partial charge in [-0.15, -0.1) is 45.9 Å². The third-order valence-electron chi connectivity index (χ3n) is 3.93. The highest BCUT2D eigenvalue weighted by Crippen LogP contribution is 2.54. The van der Waals surface area contributed by atoms with Crippen LogP contribution in [0.2, 0.25) is 0 Å². The van der Waals surface area contributed by atoms with Gasteiger partial charge in [0.2, 0.25) is 0 Å². The van der Waals surface area contributed by atoms with E-state index in [1.165, 1.54) is 11.3 Å². The Morgan fingerprint density at radius 1 is 1.48 bits per heavy atom. The van der Waals surface area contributed by atoms with Gasteiger partial charge < -0.3 is 0 Å². The van der Waals surface area contributed by atoms with Gasteiger partial charge in [-0.2, -0.15) is 0 Å². The normalized spacial score (nSPS) is 19.3. The number of thiophene rings is 2. The molecule has 1 aliphatic carbocycles. The van der Waals surface area contributed by atoms with Crippen molar-refractivity contribution in [1.29, 1.82) is 0 Å². The largest absolute Gasteiger partial charge is 0.290 e. The van der Waals surface area contributed by atoms with E-state index in [4.69, 9.17) is 23.2 Å². The van der Waals surface area contributed by atoms with Crippen molar-refractivity contribution in [3.05, 3.63) is 33.2 Å².